The Hall–Kier alpha value is 0.649. The lowest BCUT2D eigenvalue weighted by Gasteiger charge is -2.51. The van der Waals surface area contributed by atoms with Crippen LogP contribution in [-0.4, -0.2) is 68.1 Å². The molecule has 0 aromatic rings. The van der Waals surface area contributed by atoms with Gasteiger partial charge in [-0.3, -0.25) is 0 Å². The van der Waals surface area contributed by atoms with Crippen LogP contribution < -0.4 is 0 Å². The molecule has 0 N–H and O–H groups in total. The Kier molecular flexibility index (Phi) is 8.76. The van der Waals surface area contributed by atoms with Gasteiger partial charge in [0, 0.05) is 0 Å². The minimum Gasteiger partial charge on any atom is -0.414 e. The van der Waals surface area contributed by atoms with Crippen molar-refractivity contribution in [1.29, 1.82) is 0 Å². The zero-order chi connectivity index (χ0) is 21.3. The molecule has 2 fully saturated rings. The quantitative estimate of drug-likeness (QED) is 0.433. The summed E-state index contributed by atoms with van der Waals surface area (Å²) in [6.45, 7) is 18.5. The van der Waals surface area contributed by atoms with Gasteiger partial charge in [-0.05, 0) is 28.4 Å². The topological polar surface area (TPSA) is 46.2 Å². The van der Waals surface area contributed by atoms with Gasteiger partial charge in [0.25, 0.3) is 0 Å². The maximum atomic E-state index is 7.23. The van der Waals surface area contributed by atoms with E-state index in [1.807, 2.05) is 0 Å². The molecule has 2 aliphatic rings. The van der Waals surface area contributed by atoms with E-state index in [2.05, 4.69) is 69.5 Å². The van der Waals surface area contributed by atoms with E-state index in [-0.39, 0.29) is 24.3 Å². The van der Waals surface area contributed by atoms with Crippen LogP contribution in [0.4, 0.5) is 0 Å². The predicted octanol–water partition coefficient (Wildman–Crippen LogP) is 4.01. The second-order valence-electron chi connectivity index (χ2n) is 9.47. The highest BCUT2D eigenvalue weighted by atomic mass is 32.2. The third-order valence-electron chi connectivity index (χ3n) is 6.25. The number of fused-ring (bicyclic) bond motifs is 1. The lowest BCUT2D eigenvalue weighted by Crippen LogP contribution is -2.66. The molecule has 4 atom stereocenters. The second kappa shape index (κ2) is 9.85. The first-order chi connectivity index (χ1) is 13.0. The average Bonchev–Trinajstić information content (AvgIpc) is 2.86. The summed E-state index contributed by atoms with van der Waals surface area (Å²) >= 11 is 1.68. The van der Waals surface area contributed by atoms with Gasteiger partial charge in [0.2, 0.25) is 0 Å². The predicted molar refractivity (Wildman–Crippen MR) is 124 cm³/mol. The van der Waals surface area contributed by atoms with Crippen molar-refractivity contribution in [3.63, 3.8) is 0 Å². The number of thioether (sulfide) groups is 1. The van der Waals surface area contributed by atoms with Gasteiger partial charge in [0.15, 0.2) is 0 Å². The third kappa shape index (κ3) is 4.61. The van der Waals surface area contributed by atoms with Crippen LogP contribution >= 0.6 is 11.8 Å². The van der Waals surface area contributed by atoms with Crippen LogP contribution in [0.3, 0.4) is 0 Å². The highest BCUT2D eigenvalue weighted by Gasteiger charge is 2.61. The van der Waals surface area contributed by atoms with Crippen LogP contribution in [0.2, 0.25) is 22.2 Å². The first kappa shape index (κ1) is 24.9. The maximum Gasteiger partial charge on any atom is 0.335 e. The van der Waals surface area contributed by atoms with Crippen molar-refractivity contribution >= 4 is 36.7 Å². The van der Waals surface area contributed by atoms with Crippen molar-refractivity contribution in [2.45, 2.75) is 102 Å². The van der Waals surface area contributed by atoms with Crippen LogP contribution in [0.15, 0.2) is 0 Å². The Morgan fingerprint density at radius 1 is 0.964 bits per heavy atom. The molecule has 2 rings (SSSR count). The lowest BCUT2D eigenvalue weighted by molar-refractivity contribution is -0.0381. The van der Waals surface area contributed by atoms with Crippen molar-refractivity contribution in [1.82, 2.24) is 0 Å². The molecule has 1 unspecified atom stereocenters. The Labute approximate surface area is 179 Å². The fourth-order valence-electron chi connectivity index (χ4n) is 4.70. The normalized spacial score (nSPS) is 32.8. The molecule has 164 valence electrons. The van der Waals surface area contributed by atoms with Crippen molar-refractivity contribution in [2.75, 3.05) is 18.8 Å². The van der Waals surface area contributed by atoms with Crippen LogP contribution in [0, 0.1) is 0 Å². The van der Waals surface area contributed by atoms with E-state index in [1.165, 1.54) is 0 Å². The molecule has 0 spiro atoms. The summed E-state index contributed by atoms with van der Waals surface area (Å²) in [5.74, 6) is 0.640. The summed E-state index contributed by atoms with van der Waals surface area (Å²) in [4.78, 5) is 0. The van der Waals surface area contributed by atoms with Gasteiger partial charge < -0.3 is 22.4 Å². The highest BCUT2D eigenvalue weighted by Crippen LogP contribution is 2.47. The lowest BCUT2D eigenvalue weighted by atomic mass is 9.93. The van der Waals surface area contributed by atoms with E-state index in [0.29, 0.717) is 34.7 Å². The van der Waals surface area contributed by atoms with E-state index >= 15 is 0 Å². The zero-order valence-electron chi connectivity index (χ0n) is 19.5. The maximum absolute atomic E-state index is 7.23. The van der Waals surface area contributed by atoms with E-state index in [1.54, 1.807) is 11.8 Å². The minimum absolute atomic E-state index is 0.0101. The van der Waals surface area contributed by atoms with E-state index in [0.717, 1.165) is 0 Å². The summed E-state index contributed by atoms with van der Waals surface area (Å²) in [6, 6.07) is -0.0101. The summed E-state index contributed by atoms with van der Waals surface area (Å²) in [5, 5.41) is 0. The molecule has 0 saturated carbocycles. The molecule has 2 heterocycles. The Morgan fingerprint density at radius 2 is 1.50 bits per heavy atom. The molecule has 0 amide bonds. The number of hydrogen-bond donors (Lipinski definition) is 0. The fourth-order valence-corrected chi connectivity index (χ4v) is 16.2. The summed E-state index contributed by atoms with van der Waals surface area (Å²) in [7, 11) is -3.02. The van der Waals surface area contributed by atoms with Crippen molar-refractivity contribution in [3.05, 3.63) is 0 Å². The molecular formula is C19H41BO5SSi2. The van der Waals surface area contributed by atoms with E-state index < -0.39 is 17.1 Å². The monoisotopic (exact) mass is 448 g/mol. The van der Waals surface area contributed by atoms with Crippen LogP contribution in [0.1, 0.15) is 55.4 Å². The molecule has 0 radical (unpaired) electrons. The van der Waals surface area contributed by atoms with Gasteiger partial charge >= 0.3 is 17.1 Å². The molecule has 0 aromatic heterocycles. The van der Waals surface area contributed by atoms with E-state index in [9.17, 15) is 0 Å². The molecule has 0 aromatic carbocycles. The summed E-state index contributed by atoms with van der Waals surface area (Å²) in [6.07, 6.45) is 1.74. The number of rotatable bonds is 7. The minimum atomic E-state index is -2.61. The molecule has 9 heteroatoms. The van der Waals surface area contributed by atoms with Crippen molar-refractivity contribution < 1.29 is 22.4 Å². The smallest absolute Gasteiger partial charge is 0.335 e. The van der Waals surface area contributed by atoms with Gasteiger partial charge in [-0.25, -0.2) is 0 Å². The summed E-state index contributed by atoms with van der Waals surface area (Å²) in [5.41, 5.74) is 1.33. The van der Waals surface area contributed by atoms with Gasteiger partial charge in [-0.15, -0.1) is 11.8 Å². The first-order valence-corrected chi connectivity index (χ1v) is 16.1. The molecule has 5 nitrogen and oxygen atoms in total. The van der Waals surface area contributed by atoms with Crippen LogP contribution in [0.25, 0.3) is 0 Å². The van der Waals surface area contributed by atoms with Gasteiger partial charge in [-0.1, -0.05) is 55.4 Å². The Balaban J connectivity index is 2.50. The zero-order valence-corrected chi connectivity index (χ0v) is 22.3. The largest absolute Gasteiger partial charge is 0.414 e. The molecule has 0 aliphatic carbocycles. The first-order valence-electron chi connectivity index (χ1n) is 10.8. The molecule has 0 bridgehead atoms. The Bertz CT molecular complexity index is 493. The molecular weight excluding hydrogens is 407 g/mol. The van der Waals surface area contributed by atoms with Crippen LogP contribution in [0.5, 0.6) is 0 Å². The summed E-state index contributed by atoms with van der Waals surface area (Å²) < 4.78 is 33.5. The average molecular weight is 449 g/mol. The Morgan fingerprint density at radius 3 is 1.96 bits per heavy atom. The molecule has 2 aliphatic heterocycles. The molecule has 2 saturated heterocycles. The van der Waals surface area contributed by atoms with Crippen molar-refractivity contribution in [3.8, 4) is 0 Å². The standard InChI is InChI=1S/C19H41BO5SSi2/c1-12(2)27(13(3)4)22-10-16-17(18(19(20)23-16)21-11-26-9)24-28(25-27,14(5)6)15(7)8/h12-19H,10-11,20H2,1-9H3/t16-,17?,18+,19-/m1/s1. The highest BCUT2D eigenvalue weighted by molar-refractivity contribution is 7.98. The van der Waals surface area contributed by atoms with Crippen molar-refractivity contribution in [2.24, 2.45) is 0 Å². The fraction of sp³-hybridized carbons (Fsp3) is 1.00. The SMILES string of the molecule is B[C@@H]1O[C@@H]2CO[Si](C(C)C)(C(C)C)O[Si](C(C)C)(C(C)C)OC2[C@@H]1OCSC. The van der Waals surface area contributed by atoms with Gasteiger partial charge in [-0.2, -0.15) is 0 Å². The number of hydrogen-bond acceptors (Lipinski definition) is 6. The van der Waals surface area contributed by atoms with Gasteiger partial charge in [0.1, 0.15) is 26.2 Å². The third-order valence-corrected chi connectivity index (χ3v) is 16.9. The van der Waals surface area contributed by atoms with Gasteiger partial charge in [0.05, 0.1) is 18.5 Å². The second-order valence-corrected chi connectivity index (χ2v) is 19.1. The number of ether oxygens (including phenoxy) is 2. The molecule has 28 heavy (non-hydrogen) atoms. The van der Waals surface area contributed by atoms with Crippen LogP contribution in [-0.2, 0) is 22.4 Å². The van der Waals surface area contributed by atoms with E-state index in [4.69, 9.17) is 22.4 Å².